The summed E-state index contributed by atoms with van der Waals surface area (Å²) in [6, 6.07) is 7.00. The van der Waals surface area contributed by atoms with E-state index in [9.17, 15) is 9.59 Å². The molecule has 0 bridgehead atoms. The third-order valence-electron chi connectivity index (χ3n) is 3.79. The maximum Gasteiger partial charge on any atom is 0.253 e. The number of nitrogens with zero attached hydrogens (tertiary/aromatic N) is 2. The summed E-state index contributed by atoms with van der Waals surface area (Å²) >= 11 is 9.39. The summed E-state index contributed by atoms with van der Waals surface area (Å²) in [5, 5.41) is 3.22. The molecular weight excluding hydrogens is 394 g/mol. The Labute approximate surface area is 153 Å². The van der Waals surface area contributed by atoms with Crippen LogP contribution in [-0.2, 0) is 11.3 Å². The standard InChI is InChI=1S/C17H15BrClN3O2/c18-12-3-4-15(19)14(7-12)17(24)21-9-11-6-13(10-20-8-11)22-5-1-2-16(22)23/h3-4,6-8,10H,1-2,5,9H2,(H,21,24). The lowest BCUT2D eigenvalue weighted by Crippen LogP contribution is -2.25. The summed E-state index contributed by atoms with van der Waals surface area (Å²) in [6.45, 7) is 1.02. The molecule has 1 aliphatic heterocycles. The van der Waals surface area contributed by atoms with E-state index >= 15 is 0 Å². The Morgan fingerprint density at radius 3 is 2.92 bits per heavy atom. The van der Waals surface area contributed by atoms with Crippen molar-refractivity contribution in [2.75, 3.05) is 11.4 Å². The van der Waals surface area contributed by atoms with E-state index in [2.05, 4.69) is 26.2 Å². The minimum absolute atomic E-state index is 0.110. The smallest absolute Gasteiger partial charge is 0.253 e. The van der Waals surface area contributed by atoms with Gasteiger partial charge in [0.2, 0.25) is 5.91 Å². The fraction of sp³-hybridized carbons (Fsp3) is 0.235. The molecule has 1 aromatic carbocycles. The summed E-state index contributed by atoms with van der Waals surface area (Å²) in [4.78, 5) is 30.0. The van der Waals surface area contributed by atoms with E-state index in [0.717, 1.165) is 22.1 Å². The van der Waals surface area contributed by atoms with Crippen LogP contribution in [0.25, 0.3) is 0 Å². The second-order valence-corrected chi connectivity index (χ2v) is 6.83. The van der Waals surface area contributed by atoms with Crippen molar-refractivity contribution in [3.63, 3.8) is 0 Å². The summed E-state index contributed by atoms with van der Waals surface area (Å²) in [5.74, 6) is -0.150. The molecule has 1 fully saturated rings. The first kappa shape index (κ1) is 16.9. The first-order valence-electron chi connectivity index (χ1n) is 7.52. The van der Waals surface area contributed by atoms with Crippen LogP contribution in [0, 0.1) is 0 Å². The minimum atomic E-state index is -0.260. The van der Waals surface area contributed by atoms with Crippen LogP contribution in [0.3, 0.4) is 0 Å². The van der Waals surface area contributed by atoms with Gasteiger partial charge in [0.15, 0.2) is 0 Å². The zero-order valence-corrected chi connectivity index (χ0v) is 15.1. The molecule has 5 nitrogen and oxygen atoms in total. The summed E-state index contributed by atoms with van der Waals surface area (Å²) in [7, 11) is 0. The first-order valence-corrected chi connectivity index (χ1v) is 8.69. The lowest BCUT2D eigenvalue weighted by molar-refractivity contribution is -0.117. The maximum absolute atomic E-state index is 12.3. The molecule has 3 rings (SSSR count). The van der Waals surface area contributed by atoms with Gasteiger partial charge in [-0.05, 0) is 36.2 Å². The Balaban J connectivity index is 1.69. The summed E-state index contributed by atoms with van der Waals surface area (Å²) in [5.41, 5.74) is 2.00. The highest BCUT2D eigenvalue weighted by Gasteiger charge is 2.22. The minimum Gasteiger partial charge on any atom is -0.348 e. The number of hydrogen-bond acceptors (Lipinski definition) is 3. The predicted molar refractivity (Wildman–Crippen MR) is 96.1 cm³/mol. The van der Waals surface area contributed by atoms with E-state index < -0.39 is 0 Å². The van der Waals surface area contributed by atoms with Crippen LogP contribution in [-0.4, -0.2) is 23.3 Å². The Hall–Kier alpha value is -1.92. The van der Waals surface area contributed by atoms with Crippen molar-refractivity contribution in [2.24, 2.45) is 0 Å². The lowest BCUT2D eigenvalue weighted by Gasteiger charge is -2.16. The van der Waals surface area contributed by atoms with Crippen LogP contribution in [0.15, 0.2) is 41.1 Å². The number of pyridine rings is 1. The molecule has 0 aliphatic carbocycles. The average Bonchev–Trinajstić information content (AvgIpc) is 3.01. The average molecular weight is 409 g/mol. The quantitative estimate of drug-likeness (QED) is 0.841. The van der Waals surface area contributed by atoms with E-state index in [-0.39, 0.29) is 11.8 Å². The van der Waals surface area contributed by atoms with Gasteiger partial charge in [-0.15, -0.1) is 0 Å². The zero-order chi connectivity index (χ0) is 17.1. The van der Waals surface area contributed by atoms with Crippen molar-refractivity contribution in [3.8, 4) is 0 Å². The first-order chi connectivity index (χ1) is 11.5. The highest BCUT2D eigenvalue weighted by Crippen LogP contribution is 2.22. The van der Waals surface area contributed by atoms with Crippen LogP contribution in [0.4, 0.5) is 5.69 Å². The number of rotatable bonds is 4. The molecule has 0 atom stereocenters. The number of benzene rings is 1. The molecule has 0 saturated carbocycles. The molecule has 1 N–H and O–H groups in total. The van der Waals surface area contributed by atoms with Gasteiger partial charge in [-0.3, -0.25) is 14.6 Å². The van der Waals surface area contributed by atoms with Crippen LogP contribution < -0.4 is 10.2 Å². The molecular formula is C17H15BrClN3O2. The monoisotopic (exact) mass is 407 g/mol. The molecule has 1 aliphatic rings. The molecule has 0 spiro atoms. The molecule has 1 aromatic heterocycles. The predicted octanol–water partition coefficient (Wildman–Crippen LogP) is 3.55. The van der Waals surface area contributed by atoms with Gasteiger partial charge in [0.05, 0.1) is 22.5 Å². The number of anilines is 1. The third-order valence-corrected chi connectivity index (χ3v) is 4.61. The van der Waals surface area contributed by atoms with Gasteiger partial charge in [0, 0.05) is 30.2 Å². The van der Waals surface area contributed by atoms with Gasteiger partial charge in [0.1, 0.15) is 0 Å². The fourth-order valence-corrected chi connectivity index (χ4v) is 3.15. The van der Waals surface area contributed by atoms with Gasteiger partial charge in [0.25, 0.3) is 5.91 Å². The van der Waals surface area contributed by atoms with Crippen molar-refractivity contribution in [1.82, 2.24) is 10.3 Å². The number of hydrogen-bond donors (Lipinski definition) is 1. The van der Waals surface area contributed by atoms with E-state index in [1.54, 1.807) is 35.5 Å². The normalized spacial score (nSPS) is 14.1. The Kier molecular flexibility index (Phi) is 5.16. The van der Waals surface area contributed by atoms with Gasteiger partial charge < -0.3 is 10.2 Å². The van der Waals surface area contributed by atoms with Crippen LogP contribution in [0.5, 0.6) is 0 Å². The number of amides is 2. The van der Waals surface area contributed by atoms with Gasteiger partial charge >= 0.3 is 0 Å². The SMILES string of the molecule is O=C(NCc1cncc(N2CCCC2=O)c1)c1cc(Br)ccc1Cl. The van der Waals surface area contributed by atoms with Crippen molar-refractivity contribution < 1.29 is 9.59 Å². The highest BCUT2D eigenvalue weighted by atomic mass is 79.9. The van der Waals surface area contributed by atoms with Gasteiger partial charge in [-0.2, -0.15) is 0 Å². The number of carbonyl (C=O) groups excluding carboxylic acids is 2. The van der Waals surface area contributed by atoms with E-state index in [1.165, 1.54) is 0 Å². The largest absolute Gasteiger partial charge is 0.348 e. The molecule has 0 radical (unpaired) electrons. The van der Waals surface area contributed by atoms with Crippen LogP contribution in [0.2, 0.25) is 5.02 Å². The zero-order valence-electron chi connectivity index (χ0n) is 12.8. The molecule has 7 heteroatoms. The van der Waals surface area contributed by atoms with Crippen molar-refractivity contribution in [1.29, 1.82) is 0 Å². The Bertz CT molecular complexity index is 797. The molecule has 2 aromatic rings. The number of carbonyl (C=O) groups is 2. The van der Waals surface area contributed by atoms with Gasteiger partial charge in [-0.25, -0.2) is 0 Å². The Morgan fingerprint density at radius 2 is 2.17 bits per heavy atom. The van der Waals surface area contributed by atoms with Crippen LogP contribution in [0.1, 0.15) is 28.8 Å². The number of nitrogens with one attached hydrogen (secondary N) is 1. The highest BCUT2D eigenvalue weighted by molar-refractivity contribution is 9.10. The molecule has 2 heterocycles. The maximum atomic E-state index is 12.3. The molecule has 1 saturated heterocycles. The lowest BCUT2D eigenvalue weighted by atomic mass is 10.2. The number of halogens is 2. The fourth-order valence-electron chi connectivity index (χ4n) is 2.59. The third kappa shape index (κ3) is 3.76. The number of aromatic nitrogens is 1. The second-order valence-electron chi connectivity index (χ2n) is 5.51. The van der Waals surface area contributed by atoms with Crippen molar-refractivity contribution >= 4 is 45.0 Å². The van der Waals surface area contributed by atoms with Crippen molar-refractivity contribution in [2.45, 2.75) is 19.4 Å². The molecule has 24 heavy (non-hydrogen) atoms. The van der Waals surface area contributed by atoms with Crippen molar-refractivity contribution in [3.05, 3.63) is 57.3 Å². The molecule has 124 valence electrons. The van der Waals surface area contributed by atoms with E-state index in [1.807, 2.05) is 6.07 Å². The van der Waals surface area contributed by atoms with E-state index in [0.29, 0.717) is 30.1 Å². The Morgan fingerprint density at radius 1 is 1.33 bits per heavy atom. The summed E-state index contributed by atoms with van der Waals surface area (Å²) < 4.78 is 0.785. The molecule has 2 amide bonds. The summed E-state index contributed by atoms with van der Waals surface area (Å²) in [6.07, 6.45) is 4.77. The van der Waals surface area contributed by atoms with E-state index in [4.69, 9.17) is 11.6 Å². The van der Waals surface area contributed by atoms with Crippen LogP contribution >= 0.6 is 27.5 Å². The van der Waals surface area contributed by atoms with Gasteiger partial charge in [-0.1, -0.05) is 27.5 Å². The molecule has 0 unspecified atom stereocenters. The second kappa shape index (κ2) is 7.32. The topological polar surface area (TPSA) is 62.3 Å².